The SMILES string of the molecule is Brc1cnc2ccc(N3CCC4(COC4)C3)nn12. The Kier molecular flexibility index (Phi) is 2.20. The largest absolute Gasteiger partial charge is 0.380 e. The van der Waals surface area contributed by atoms with Crippen LogP contribution in [0.4, 0.5) is 5.82 Å². The van der Waals surface area contributed by atoms with Crippen molar-refractivity contribution in [2.75, 3.05) is 31.2 Å². The molecule has 94 valence electrons. The lowest BCUT2D eigenvalue weighted by atomic mass is 9.85. The van der Waals surface area contributed by atoms with Crippen molar-refractivity contribution < 1.29 is 4.74 Å². The van der Waals surface area contributed by atoms with E-state index < -0.39 is 0 Å². The van der Waals surface area contributed by atoms with Crippen LogP contribution in [0.3, 0.4) is 0 Å². The van der Waals surface area contributed by atoms with Crippen molar-refractivity contribution in [3.63, 3.8) is 0 Å². The van der Waals surface area contributed by atoms with E-state index in [0.29, 0.717) is 5.41 Å². The van der Waals surface area contributed by atoms with Gasteiger partial charge in [0.05, 0.1) is 19.4 Å². The summed E-state index contributed by atoms with van der Waals surface area (Å²) in [5.41, 5.74) is 1.26. The van der Waals surface area contributed by atoms with Gasteiger partial charge in [-0.25, -0.2) is 9.50 Å². The predicted molar refractivity (Wildman–Crippen MR) is 70.8 cm³/mol. The van der Waals surface area contributed by atoms with Crippen molar-refractivity contribution >= 4 is 27.4 Å². The fraction of sp³-hybridized carbons (Fsp3) is 0.500. The Bertz CT molecular complexity index is 607. The van der Waals surface area contributed by atoms with Crippen molar-refractivity contribution in [1.29, 1.82) is 0 Å². The van der Waals surface area contributed by atoms with Crippen LogP contribution in [0.5, 0.6) is 0 Å². The van der Waals surface area contributed by atoms with Crippen molar-refractivity contribution in [3.05, 3.63) is 22.9 Å². The average Bonchev–Trinajstić information content (AvgIpc) is 2.93. The topological polar surface area (TPSA) is 42.7 Å². The molecule has 0 atom stereocenters. The molecule has 0 bridgehead atoms. The van der Waals surface area contributed by atoms with Crippen LogP contribution >= 0.6 is 15.9 Å². The first-order chi connectivity index (χ1) is 8.76. The Morgan fingerprint density at radius 1 is 1.33 bits per heavy atom. The minimum Gasteiger partial charge on any atom is -0.380 e. The van der Waals surface area contributed by atoms with E-state index in [-0.39, 0.29) is 0 Å². The Hall–Kier alpha value is -1.14. The molecule has 0 saturated carbocycles. The number of hydrogen-bond donors (Lipinski definition) is 0. The van der Waals surface area contributed by atoms with E-state index in [9.17, 15) is 0 Å². The Morgan fingerprint density at radius 2 is 2.22 bits per heavy atom. The lowest BCUT2D eigenvalue weighted by Gasteiger charge is -2.37. The highest BCUT2D eigenvalue weighted by molar-refractivity contribution is 9.10. The molecule has 0 N–H and O–H groups in total. The van der Waals surface area contributed by atoms with Crippen LogP contribution in [0.15, 0.2) is 22.9 Å². The van der Waals surface area contributed by atoms with Crippen LogP contribution < -0.4 is 4.90 Å². The smallest absolute Gasteiger partial charge is 0.154 e. The summed E-state index contributed by atoms with van der Waals surface area (Å²) in [6, 6.07) is 4.06. The fourth-order valence-electron chi connectivity index (χ4n) is 2.76. The molecule has 0 unspecified atom stereocenters. The molecule has 2 aromatic heterocycles. The summed E-state index contributed by atoms with van der Waals surface area (Å²) in [7, 11) is 0. The van der Waals surface area contributed by atoms with Crippen molar-refractivity contribution in [1.82, 2.24) is 14.6 Å². The quantitative estimate of drug-likeness (QED) is 0.804. The molecule has 2 aromatic rings. The first-order valence-electron chi connectivity index (χ1n) is 6.09. The highest BCUT2D eigenvalue weighted by atomic mass is 79.9. The highest BCUT2D eigenvalue weighted by Crippen LogP contribution is 2.38. The van der Waals surface area contributed by atoms with Crippen LogP contribution in [0.1, 0.15) is 6.42 Å². The normalized spacial score (nSPS) is 21.7. The number of imidazole rings is 1. The molecule has 2 fully saturated rings. The second-order valence-electron chi connectivity index (χ2n) is 5.21. The minimum atomic E-state index is 0.392. The van der Waals surface area contributed by atoms with Crippen molar-refractivity contribution in [2.24, 2.45) is 5.41 Å². The number of ether oxygens (including phenoxy) is 1. The van der Waals surface area contributed by atoms with Gasteiger partial charge in [0.15, 0.2) is 5.65 Å². The summed E-state index contributed by atoms with van der Waals surface area (Å²) in [5.74, 6) is 1.02. The lowest BCUT2D eigenvalue weighted by molar-refractivity contribution is -0.0985. The van der Waals surface area contributed by atoms with Crippen LogP contribution in [0, 0.1) is 5.41 Å². The number of halogens is 1. The van der Waals surface area contributed by atoms with Gasteiger partial charge < -0.3 is 9.64 Å². The van der Waals surface area contributed by atoms with Gasteiger partial charge in [0.1, 0.15) is 10.4 Å². The summed E-state index contributed by atoms with van der Waals surface area (Å²) < 4.78 is 8.07. The zero-order chi connectivity index (χ0) is 12.2. The van der Waals surface area contributed by atoms with Crippen molar-refractivity contribution in [3.8, 4) is 0 Å². The van der Waals surface area contributed by atoms with Gasteiger partial charge in [-0.15, -0.1) is 5.10 Å². The van der Waals surface area contributed by atoms with Gasteiger partial charge in [0.2, 0.25) is 0 Å². The molecule has 2 aliphatic rings. The molecule has 1 spiro atoms. The zero-order valence-corrected chi connectivity index (χ0v) is 11.4. The van der Waals surface area contributed by atoms with Gasteiger partial charge in [-0.2, -0.15) is 0 Å². The zero-order valence-electron chi connectivity index (χ0n) is 9.84. The summed E-state index contributed by atoms with van der Waals surface area (Å²) in [4.78, 5) is 6.60. The molecule has 0 radical (unpaired) electrons. The molecular formula is C12H13BrN4O. The number of aromatic nitrogens is 3. The lowest BCUT2D eigenvalue weighted by Crippen LogP contribution is -2.44. The fourth-order valence-corrected chi connectivity index (χ4v) is 3.12. The minimum absolute atomic E-state index is 0.392. The number of fused-ring (bicyclic) bond motifs is 1. The van der Waals surface area contributed by atoms with Gasteiger partial charge in [0.25, 0.3) is 0 Å². The van der Waals surface area contributed by atoms with Crippen LogP contribution in [0.2, 0.25) is 0 Å². The Balaban J connectivity index is 1.68. The summed E-state index contributed by atoms with van der Waals surface area (Å²) >= 11 is 3.46. The maximum absolute atomic E-state index is 5.35. The molecule has 0 aromatic carbocycles. The van der Waals surface area contributed by atoms with Gasteiger partial charge in [0, 0.05) is 18.5 Å². The molecule has 18 heavy (non-hydrogen) atoms. The van der Waals surface area contributed by atoms with Gasteiger partial charge in [-0.1, -0.05) is 0 Å². The Morgan fingerprint density at radius 3 is 2.94 bits per heavy atom. The number of nitrogens with zero attached hydrogens (tertiary/aromatic N) is 4. The van der Waals surface area contributed by atoms with E-state index in [4.69, 9.17) is 4.74 Å². The van der Waals surface area contributed by atoms with Crippen LogP contribution in [-0.4, -0.2) is 40.9 Å². The predicted octanol–water partition coefficient (Wildman–Crippen LogP) is 1.72. The summed E-state index contributed by atoms with van der Waals surface area (Å²) in [5, 5.41) is 4.63. The van der Waals surface area contributed by atoms with E-state index in [2.05, 4.69) is 30.9 Å². The standard InChI is InChI=1S/C12H13BrN4O/c13-9-5-14-10-1-2-11(15-17(9)10)16-4-3-12(6-16)7-18-8-12/h1-2,5H,3-4,6-8H2. The molecule has 0 aliphatic carbocycles. The molecule has 2 aliphatic heterocycles. The summed E-state index contributed by atoms with van der Waals surface area (Å²) in [6.45, 7) is 3.92. The van der Waals surface area contributed by atoms with Crippen LogP contribution in [-0.2, 0) is 4.74 Å². The van der Waals surface area contributed by atoms with E-state index in [1.54, 1.807) is 6.20 Å². The number of anilines is 1. The van der Waals surface area contributed by atoms with E-state index in [1.165, 1.54) is 6.42 Å². The maximum Gasteiger partial charge on any atom is 0.154 e. The Labute approximate surface area is 113 Å². The van der Waals surface area contributed by atoms with E-state index in [0.717, 1.165) is 42.4 Å². The third-order valence-corrected chi connectivity index (χ3v) is 4.43. The first kappa shape index (κ1) is 10.8. The van der Waals surface area contributed by atoms with Gasteiger partial charge in [-0.05, 0) is 34.5 Å². The molecule has 5 nitrogen and oxygen atoms in total. The highest BCUT2D eigenvalue weighted by Gasteiger charge is 2.44. The van der Waals surface area contributed by atoms with Gasteiger partial charge >= 0.3 is 0 Å². The molecule has 2 saturated heterocycles. The molecule has 4 heterocycles. The monoisotopic (exact) mass is 308 g/mol. The number of rotatable bonds is 1. The molecule has 4 rings (SSSR count). The van der Waals surface area contributed by atoms with E-state index in [1.807, 2.05) is 16.6 Å². The second kappa shape index (κ2) is 3.68. The molecular weight excluding hydrogens is 296 g/mol. The second-order valence-corrected chi connectivity index (χ2v) is 6.02. The maximum atomic E-state index is 5.35. The third kappa shape index (κ3) is 1.48. The van der Waals surface area contributed by atoms with Gasteiger partial charge in [-0.3, -0.25) is 0 Å². The molecule has 6 heteroatoms. The average molecular weight is 309 g/mol. The van der Waals surface area contributed by atoms with Crippen molar-refractivity contribution in [2.45, 2.75) is 6.42 Å². The molecule has 0 amide bonds. The third-order valence-electron chi connectivity index (χ3n) is 3.89. The first-order valence-corrected chi connectivity index (χ1v) is 6.88. The van der Waals surface area contributed by atoms with Crippen LogP contribution in [0.25, 0.3) is 5.65 Å². The summed E-state index contributed by atoms with van der Waals surface area (Å²) in [6.07, 6.45) is 2.98. The number of hydrogen-bond acceptors (Lipinski definition) is 4. The van der Waals surface area contributed by atoms with E-state index >= 15 is 0 Å².